The molecule has 0 radical (unpaired) electrons. The Morgan fingerprint density at radius 2 is 2.17 bits per heavy atom. The van der Waals surface area contributed by atoms with Gasteiger partial charge in [0.15, 0.2) is 0 Å². The van der Waals surface area contributed by atoms with E-state index in [4.69, 9.17) is 10.1 Å². The zero-order chi connectivity index (χ0) is 13.6. The number of ether oxygens (including phenoxy) is 1. The van der Waals surface area contributed by atoms with Gasteiger partial charge in [0.1, 0.15) is 5.41 Å². The van der Waals surface area contributed by atoms with Crippen molar-refractivity contribution in [3.8, 4) is 6.07 Å². The van der Waals surface area contributed by atoms with Crippen LogP contribution in [0.2, 0.25) is 0 Å². The largest absolute Gasteiger partial charge is 0.381 e. The Morgan fingerprint density at radius 3 is 2.67 bits per heavy atom. The van der Waals surface area contributed by atoms with Crippen LogP contribution in [0.3, 0.4) is 0 Å². The molecule has 1 N–H and O–H groups in total. The van der Waals surface area contributed by atoms with E-state index >= 15 is 0 Å². The highest BCUT2D eigenvalue weighted by Gasteiger charge is 2.38. The van der Waals surface area contributed by atoms with E-state index in [1.807, 2.05) is 6.08 Å². The summed E-state index contributed by atoms with van der Waals surface area (Å²) in [6.07, 6.45) is 4.17. The Kier molecular flexibility index (Phi) is 5.90. The van der Waals surface area contributed by atoms with Crippen LogP contribution in [0, 0.1) is 28.1 Å². The van der Waals surface area contributed by atoms with Crippen molar-refractivity contribution < 1.29 is 4.74 Å². The predicted octanol–water partition coefficient (Wildman–Crippen LogP) is 3.62. The number of hydrogen-bond acceptors (Lipinski definition) is 4. The molecule has 0 saturated carbocycles. The van der Waals surface area contributed by atoms with Gasteiger partial charge in [-0.15, -0.1) is 18.3 Å². The minimum absolute atomic E-state index is 0.337. The molecule has 1 aliphatic rings. The smallest absolute Gasteiger partial charge is 0.109 e. The van der Waals surface area contributed by atoms with Crippen molar-refractivity contribution in [2.24, 2.45) is 11.3 Å². The molecule has 0 spiro atoms. The molecule has 0 amide bonds. The van der Waals surface area contributed by atoms with Crippen LogP contribution in [-0.2, 0) is 4.74 Å². The van der Waals surface area contributed by atoms with Gasteiger partial charge in [0.05, 0.1) is 11.1 Å². The fraction of sp³-hybridized carbons (Fsp3) is 0.714. The molecule has 4 heteroatoms. The van der Waals surface area contributed by atoms with Gasteiger partial charge in [-0.2, -0.15) is 5.26 Å². The Hall–Kier alpha value is -0.790. The van der Waals surface area contributed by atoms with Crippen LogP contribution in [0.1, 0.15) is 33.1 Å². The fourth-order valence-corrected chi connectivity index (χ4v) is 3.17. The van der Waals surface area contributed by atoms with Crippen molar-refractivity contribution >= 4 is 16.8 Å². The molecule has 1 heterocycles. The summed E-state index contributed by atoms with van der Waals surface area (Å²) in [5.41, 5.74) is -0.606. The molecule has 0 aromatic carbocycles. The molecule has 3 nitrogen and oxygen atoms in total. The van der Waals surface area contributed by atoms with Crippen LogP contribution in [0.25, 0.3) is 0 Å². The van der Waals surface area contributed by atoms with Gasteiger partial charge in [-0.05, 0) is 25.2 Å². The van der Waals surface area contributed by atoms with Crippen molar-refractivity contribution in [2.45, 2.75) is 38.4 Å². The Morgan fingerprint density at radius 1 is 1.56 bits per heavy atom. The number of allylic oxidation sites excluding steroid dienone is 1. The minimum Gasteiger partial charge on any atom is -0.381 e. The maximum atomic E-state index is 9.39. The maximum Gasteiger partial charge on any atom is 0.109 e. The lowest BCUT2D eigenvalue weighted by molar-refractivity contribution is 0.0650. The van der Waals surface area contributed by atoms with Crippen LogP contribution in [-0.4, -0.2) is 23.5 Å². The summed E-state index contributed by atoms with van der Waals surface area (Å²) in [6.45, 7) is 9.22. The molecule has 1 fully saturated rings. The molecule has 0 aromatic heterocycles. The fourth-order valence-electron chi connectivity index (χ4n) is 1.98. The minimum atomic E-state index is -0.606. The summed E-state index contributed by atoms with van der Waals surface area (Å²) >= 11 is 1.54. The van der Waals surface area contributed by atoms with E-state index in [-0.39, 0.29) is 0 Å². The van der Waals surface area contributed by atoms with Gasteiger partial charge in [-0.1, -0.05) is 19.9 Å². The highest BCUT2D eigenvalue weighted by Crippen LogP contribution is 2.38. The summed E-state index contributed by atoms with van der Waals surface area (Å²) in [6, 6.07) is 2.35. The van der Waals surface area contributed by atoms with Crippen LogP contribution in [0.4, 0.5) is 0 Å². The van der Waals surface area contributed by atoms with Crippen molar-refractivity contribution in [3.05, 3.63) is 12.7 Å². The first-order valence-corrected chi connectivity index (χ1v) is 7.29. The average Bonchev–Trinajstić information content (AvgIpc) is 2.39. The van der Waals surface area contributed by atoms with Crippen LogP contribution < -0.4 is 0 Å². The van der Waals surface area contributed by atoms with Crippen LogP contribution in [0.15, 0.2) is 12.7 Å². The summed E-state index contributed by atoms with van der Waals surface area (Å²) < 4.78 is 5.30. The van der Waals surface area contributed by atoms with E-state index < -0.39 is 5.41 Å². The SMILES string of the molecule is C=CC[C@@H](C)C(C)SC(=N)C1(C#N)CCOCC1. The van der Waals surface area contributed by atoms with Gasteiger partial charge in [-0.3, -0.25) is 5.41 Å². The molecular weight excluding hydrogens is 244 g/mol. The lowest BCUT2D eigenvalue weighted by Gasteiger charge is -2.32. The molecule has 2 atom stereocenters. The molecule has 0 bridgehead atoms. The maximum absolute atomic E-state index is 9.39. The lowest BCUT2D eigenvalue weighted by atomic mass is 9.83. The predicted molar refractivity (Wildman–Crippen MR) is 76.9 cm³/mol. The first-order chi connectivity index (χ1) is 8.55. The van der Waals surface area contributed by atoms with E-state index in [1.54, 1.807) is 0 Å². The first kappa shape index (κ1) is 15.3. The first-order valence-electron chi connectivity index (χ1n) is 6.41. The zero-order valence-electron chi connectivity index (χ0n) is 11.2. The van der Waals surface area contributed by atoms with Crippen molar-refractivity contribution in [2.75, 3.05) is 13.2 Å². The zero-order valence-corrected chi connectivity index (χ0v) is 12.1. The van der Waals surface area contributed by atoms with Crippen molar-refractivity contribution in [1.82, 2.24) is 0 Å². The average molecular weight is 266 g/mol. The number of thioether (sulfide) groups is 1. The highest BCUT2D eigenvalue weighted by atomic mass is 32.2. The Bertz CT molecular complexity index is 342. The monoisotopic (exact) mass is 266 g/mol. The second kappa shape index (κ2) is 6.96. The van der Waals surface area contributed by atoms with Crippen LogP contribution in [0.5, 0.6) is 0 Å². The number of nitrogens with one attached hydrogen (secondary N) is 1. The summed E-state index contributed by atoms with van der Waals surface area (Å²) in [5.74, 6) is 0.475. The molecular formula is C14H22N2OS. The molecule has 1 aliphatic heterocycles. The summed E-state index contributed by atoms with van der Waals surface area (Å²) in [5, 5.41) is 18.5. The lowest BCUT2D eigenvalue weighted by Crippen LogP contribution is -2.35. The van der Waals surface area contributed by atoms with Gasteiger partial charge < -0.3 is 4.74 Å². The third-order valence-corrected chi connectivity index (χ3v) is 5.10. The number of hydrogen-bond donors (Lipinski definition) is 1. The third-order valence-electron chi connectivity index (χ3n) is 3.64. The number of nitrogens with zero attached hydrogens (tertiary/aromatic N) is 1. The normalized spacial score (nSPS) is 21.6. The van der Waals surface area contributed by atoms with E-state index in [1.165, 1.54) is 11.8 Å². The van der Waals surface area contributed by atoms with E-state index in [0.717, 1.165) is 6.42 Å². The topological polar surface area (TPSA) is 56.9 Å². The molecule has 100 valence electrons. The molecule has 18 heavy (non-hydrogen) atoms. The van der Waals surface area contributed by atoms with Gasteiger partial charge in [0.2, 0.25) is 0 Å². The third kappa shape index (κ3) is 3.60. The van der Waals surface area contributed by atoms with E-state index in [9.17, 15) is 5.26 Å². The number of nitriles is 1. The molecule has 0 aliphatic carbocycles. The van der Waals surface area contributed by atoms with Gasteiger partial charge in [0.25, 0.3) is 0 Å². The quantitative estimate of drug-likeness (QED) is 0.470. The Balaban J connectivity index is 2.63. The summed E-state index contributed by atoms with van der Waals surface area (Å²) in [7, 11) is 0. The summed E-state index contributed by atoms with van der Waals surface area (Å²) in [4.78, 5) is 0. The van der Waals surface area contributed by atoms with Gasteiger partial charge in [0, 0.05) is 18.5 Å². The molecule has 1 rings (SSSR count). The van der Waals surface area contributed by atoms with Gasteiger partial charge in [-0.25, -0.2) is 0 Å². The van der Waals surface area contributed by atoms with Gasteiger partial charge >= 0.3 is 0 Å². The highest BCUT2D eigenvalue weighted by molar-refractivity contribution is 8.14. The van der Waals surface area contributed by atoms with E-state index in [2.05, 4.69) is 26.5 Å². The standard InChI is InChI=1S/C14H22N2OS/c1-4-5-11(2)12(3)18-13(16)14(10-15)6-8-17-9-7-14/h4,11-12,16H,1,5-9H2,2-3H3/t11-,12?/m1/s1. The molecule has 0 aromatic rings. The molecule has 1 saturated heterocycles. The van der Waals surface area contributed by atoms with Crippen molar-refractivity contribution in [3.63, 3.8) is 0 Å². The Labute approximate surface area is 114 Å². The van der Waals surface area contributed by atoms with Crippen molar-refractivity contribution in [1.29, 1.82) is 10.7 Å². The second-order valence-corrected chi connectivity index (χ2v) is 6.35. The second-order valence-electron chi connectivity index (χ2n) is 4.96. The number of rotatable bonds is 5. The molecule has 1 unspecified atom stereocenters. The van der Waals surface area contributed by atoms with Crippen LogP contribution >= 0.6 is 11.8 Å². The van der Waals surface area contributed by atoms with E-state index in [0.29, 0.717) is 42.3 Å².